The standard InChI is InChI=1S/C19H16ClF3N2O2/c1-12-6-2-4-8-14(12)16-11-18(27,19(21,22)23)25(24-16)17(26)10-13-7-3-5-9-15(13)20/h2-9,27H,10-11H2,1H3. The predicted octanol–water partition coefficient (Wildman–Crippen LogP) is 4.08. The van der Waals surface area contributed by atoms with Gasteiger partial charge in [0.05, 0.1) is 18.6 Å². The molecule has 8 heteroatoms. The van der Waals surface area contributed by atoms with Gasteiger partial charge in [-0.05, 0) is 24.1 Å². The van der Waals surface area contributed by atoms with Crippen LogP contribution in [0.2, 0.25) is 5.02 Å². The lowest BCUT2D eigenvalue weighted by molar-refractivity contribution is -0.302. The first-order valence-corrected chi connectivity index (χ1v) is 8.50. The van der Waals surface area contributed by atoms with Gasteiger partial charge in [-0.25, -0.2) is 0 Å². The Bertz CT molecular complexity index is 914. The van der Waals surface area contributed by atoms with Crippen molar-refractivity contribution in [2.75, 3.05) is 0 Å². The van der Waals surface area contributed by atoms with Crippen LogP contribution in [0.25, 0.3) is 0 Å². The minimum Gasteiger partial charge on any atom is -0.362 e. The van der Waals surface area contributed by atoms with Crippen LogP contribution in [0.5, 0.6) is 0 Å². The van der Waals surface area contributed by atoms with Gasteiger partial charge in [0.2, 0.25) is 5.91 Å². The highest BCUT2D eigenvalue weighted by Crippen LogP contribution is 2.42. The number of aliphatic hydroxyl groups is 1. The van der Waals surface area contributed by atoms with Gasteiger partial charge in [0.15, 0.2) is 0 Å². The number of aryl methyl sites for hydroxylation is 1. The molecule has 1 amide bonds. The topological polar surface area (TPSA) is 52.9 Å². The van der Waals surface area contributed by atoms with Crippen molar-refractivity contribution in [3.63, 3.8) is 0 Å². The SMILES string of the molecule is Cc1ccccc1C1=NN(C(=O)Cc2ccccc2Cl)C(O)(C(F)(F)F)C1. The Balaban J connectivity index is 1.99. The van der Waals surface area contributed by atoms with E-state index in [1.165, 1.54) is 12.1 Å². The lowest BCUT2D eigenvalue weighted by Gasteiger charge is -2.32. The Morgan fingerprint density at radius 1 is 1.22 bits per heavy atom. The Morgan fingerprint density at radius 2 is 1.85 bits per heavy atom. The summed E-state index contributed by atoms with van der Waals surface area (Å²) in [6.45, 7) is 1.72. The molecule has 4 nitrogen and oxygen atoms in total. The van der Waals surface area contributed by atoms with Gasteiger partial charge in [0.25, 0.3) is 5.72 Å². The van der Waals surface area contributed by atoms with Crippen molar-refractivity contribution in [1.82, 2.24) is 5.01 Å². The van der Waals surface area contributed by atoms with Crippen molar-refractivity contribution in [2.45, 2.75) is 31.7 Å². The number of nitrogens with zero attached hydrogens (tertiary/aromatic N) is 2. The van der Waals surface area contributed by atoms with Gasteiger partial charge < -0.3 is 5.11 Å². The minimum atomic E-state index is -5.07. The molecule has 1 unspecified atom stereocenters. The number of rotatable bonds is 3. The van der Waals surface area contributed by atoms with Gasteiger partial charge >= 0.3 is 6.18 Å². The molecule has 2 aromatic carbocycles. The van der Waals surface area contributed by atoms with Gasteiger partial charge in [0, 0.05) is 10.6 Å². The average Bonchev–Trinajstić information content (AvgIpc) is 2.96. The van der Waals surface area contributed by atoms with Crippen LogP contribution < -0.4 is 0 Å². The summed E-state index contributed by atoms with van der Waals surface area (Å²) in [5.41, 5.74) is -1.90. The van der Waals surface area contributed by atoms with E-state index in [9.17, 15) is 23.1 Å². The number of hydrazone groups is 1. The lowest BCUT2D eigenvalue weighted by Crippen LogP contribution is -2.57. The maximum Gasteiger partial charge on any atom is 0.438 e. The predicted molar refractivity (Wildman–Crippen MR) is 95.3 cm³/mol. The summed E-state index contributed by atoms with van der Waals surface area (Å²) in [4.78, 5) is 12.6. The molecule has 0 spiro atoms. The van der Waals surface area contributed by atoms with Crippen LogP contribution in [0.1, 0.15) is 23.1 Å². The summed E-state index contributed by atoms with van der Waals surface area (Å²) < 4.78 is 40.9. The van der Waals surface area contributed by atoms with Crippen molar-refractivity contribution in [1.29, 1.82) is 0 Å². The van der Waals surface area contributed by atoms with E-state index in [0.717, 1.165) is 0 Å². The molecule has 1 atom stereocenters. The van der Waals surface area contributed by atoms with E-state index in [2.05, 4.69) is 5.10 Å². The summed E-state index contributed by atoms with van der Waals surface area (Å²) in [6, 6.07) is 13.1. The number of carbonyl (C=O) groups is 1. The van der Waals surface area contributed by atoms with Gasteiger partial charge in [0.1, 0.15) is 0 Å². The molecule has 0 bridgehead atoms. The first-order chi connectivity index (χ1) is 12.6. The smallest absolute Gasteiger partial charge is 0.362 e. The van der Waals surface area contributed by atoms with E-state index in [1.54, 1.807) is 43.3 Å². The maximum absolute atomic E-state index is 13.6. The zero-order chi connectivity index (χ0) is 19.8. The monoisotopic (exact) mass is 396 g/mol. The lowest BCUT2D eigenvalue weighted by atomic mass is 9.97. The summed E-state index contributed by atoms with van der Waals surface area (Å²) in [7, 11) is 0. The minimum absolute atomic E-state index is 0.000401. The molecule has 0 saturated heterocycles. The number of alkyl halides is 3. The second-order valence-electron chi connectivity index (χ2n) is 6.33. The van der Waals surface area contributed by atoms with E-state index in [1.807, 2.05) is 0 Å². The summed E-state index contributed by atoms with van der Waals surface area (Å²) in [5.74, 6) is -0.994. The van der Waals surface area contributed by atoms with Crippen molar-refractivity contribution < 1.29 is 23.1 Å². The second kappa shape index (κ2) is 6.98. The molecule has 1 N–H and O–H groups in total. The molecule has 1 aliphatic heterocycles. The number of amides is 1. The first kappa shape index (κ1) is 19.4. The molecule has 0 aromatic heterocycles. The highest BCUT2D eigenvalue weighted by Gasteiger charge is 2.63. The molecule has 0 fully saturated rings. The van der Waals surface area contributed by atoms with Crippen LogP contribution in [0, 0.1) is 6.92 Å². The van der Waals surface area contributed by atoms with Crippen molar-refractivity contribution in [3.8, 4) is 0 Å². The summed E-state index contributed by atoms with van der Waals surface area (Å²) >= 11 is 5.99. The van der Waals surface area contributed by atoms with Gasteiger partial charge in [-0.15, -0.1) is 0 Å². The van der Waals surface area contributed by atoms with E-state index in [0.29, 0.717) is 16.7 Å². The van der Waals surface area contributed by atoms with E-state index < -0.39 is 30.7 Å². The van der Waals surface area contributed by atoms with E-state index in [-0.39, 0.29) is 15.7 Å². The molecule has 3 rings (SSSR count). The quantitative estimate of drug-likeness (QED) is 0.850. The van der Waals surface area contributed by atoms with Crippen LogP contribution in [0.4, 0.5) is 13.2 Å². The Kier molecular flexibility index (Phi) is 5.01. The molecule has 142 valence electrons. The van der Waals surface area contributed by atoms with Crippen LogP contribution in [0.3, 0.4) is 0 Å². The largest absolute Gasteiger partial charge is 0.438 e. The first-order valence-electron chi connectivity index (χ1n) is 8.12. The van der Waals surface area contributed by atoms with Crippen molar-refractivity contribution in [2.24, 2.45) is 5.10 Å². The Morgan fingerprint density at radius 3 is 2.48 bits per heavy atom. The van der Waals surface area contributed by atoms with Crippen LogP contribution in [0.15, 0.2) is 53.6 Å². The number of carbonyl (C=O) groups excluding carboxylic acids is 1. The fourth-order valence-corrected chi connectivity index (χ4v) is 3.16. The zero-order valence-corrected chi connectivity index (χ0v) is 15.1. The number of hydrogen-bond acceptors (Lipinski definition) is 3. The highest BCUT2D eigenvalue weighted by atomic mass is 35.5. The molecule has 0 saturated carbocycles. The molecular formula is C19H16ClF3N2O2. The van der Waals surface area contributed by atoms with Crippen molar-refractivity contribution >= 4 is 23.2 Å². The van der Waals surface area contributed by atoms with Gasteiger partial charge in [-0.2, -0.15) is 23.3 Å². The maximum atomic E-state index is 13.6. The number of halogens is 4. The average molecular weight is 397 g/mol. The molecular weight excluding hydrogens is 381 g/mol. The summed E-state index contributed by atoms with van der Waals surface area (Å²) in [6.07, 6.45) is -6.32. The molecule has 1 aliphatic rings. The molecule has 0 radical (unpaired) electrons. The van der Waals surface area contributed by atoms with Crippen LogP contribution in [-0.4, -0.2) is 33.6 Å². The molecule has 0 aliphatic carbocycles. The number of benzene rings is 2. The third-order valence-electron chi connectivity index (χ3n) is 4.43. The molecule has 2 aromatic rings. The van der Waals surface area contributed by atoms with Gasteiger partial charge in [-0.1, -0.05) is 54.1 Å². The fraction of sp³-hybridized carbons (Fsp3) is 0.263. The third kappa shape index (κ3) is 3.57. The molecule has 27 heavy (non-hydrogen) atoms. The fourth-order valence-electron chi connectivity index (χ4n) is 2.95. The van der Waals surface area contributed by atoms with Crippen molar-refractivity contribution in [3.05, 3.63) is 70.2 Å². The molecule has 1 heterocycles. The number of hydrogen-bond donors (Lipinski definition) is 1. The highest BCUT2D eigenvalue weighted by molar-refractivity contribution is 6.31. The third-order valence-corrected chi connectivity index (χ3v) is 4.80. The Labute approximate surface area is 158 Å². The van der Waals surface area contributed by atoms with E-state index in [4.69, 9.17) is 11.6 Å². The second-order valence-corrected chi connectivity index (χ2v) is 6.73. The van der Waals surface area contributed by atoms with Crippen LogP contribution in [-0.2, 0) is 11.2 Å². The zero-order valence-electron chi connectivity index (χ0n) is 14.3. The summed E-state index contributed by atoms with van der Waals surface area (Å²) in [5, 5.41) is 14.6. The van der Waals surface area contributed by atoms with Crippen LogP contribution >= 0.6 is 11.6 Å². The van der Waals surface area contributed by atoms with E-state index >= 15 is 0 Å². The van der Waals surface area contributed by atoms with Gasteiger partial charge in [-0.3, -0.25) is 4.79 Å². The Hall–Kier alpha value is -2.38. The normalized spacial score (nSPS) is 19.9.